The molecule has 18 heavy (non-hydrogen) atoms. The predicted octanol–water partition coefficient (Wildman–Crippen LogP) is 2.40. The number of carbonyl (C=O) groups is 2. The number of ether oxygens (including phenoxy) is 2. The van der Waals surface area contributed by atoms with Crippen molar-refractivity contribution < 1.29 is 19.1 Å². The third kappa shape index (κ3) is 2.81. The molecule has 1 rings (SSSR count). The van der Waals surface area contributed by atoms with Gasteiger partial charge in [0.05, 0.1) is 13.2 Å². The number of esters is 2. The summed E-state index contributed by atoms with van der Waals surface area (Å²) in [6.07, 6.45) is 6.39. The Bertz CT molecular complexity index is 361. The molecule has 0 atom stereocenters. The van der Waals surface area contributed by atoms with Crippen LogP contribution in [0.2, 0.25) is 0 Å². The van der Waals surface area contributed by atoms with Crippen LogP contribution in [0.25, 0.3) is 0 Å². The van der Waals surface area contributed by atoms with E-state index in [1.54, 1.807) is 13.8 Å². The summed E-state index contributed by atoms with van der Waals surface area (Å²) in [4.78, 5) is 24.1. The molecule has 4 heteroatoms. The molecule has 0 aromatic carbocycles. The summed E-state index contributed by atoms with van der Waals surface area (Å²) >= 11 is 0. The molecule has 0 heterocycles. The van der Waals surface area contributed by atoms with Gasteiger partial charge in [0.15, 0.2) is 5.41 Å². The SMILES string of the molecule is C/C=[13CH]/C1=CCC(C(=O)OCC)(C(=O)OCC)C1. The zero-order chi connectivity index (χ0) is 13.6. The first-order valence-electron chi connectivity index (χ1n) is 6.27. The summed E-state index contributed by atoms with van der Waals surface area (Å²) in [5.41, 5.74) is -0.209. The van der Waals surface area contributed by atoms with Crippen LogP contribution in [0.15, 0.2) is 23.8 Å². The zero-order valence-electron chi connectivity index (χ0n) is 11.2. The Morgan fingerprint density at radius 3 is 2.28 bits per heavy atom. The van der Waals surface area contributed by atoms with Gasteiger partial charge in [-0.2, -0.15) is 0 Å². The summed E-state index contributed by atoms with van der Waals surface area (Å²) in [6.45, 7) is 5.88. The fourth-order valence-electron chi connectivity index (χ4n) is 2.07. The Labute approximate surface area is 108 Å². The molecule has 1 aliphatic carbocycles. The fraction of sp³-hybridized carbons (Fsp3) is 0.571. The molecule has 0 spiro atoms. The van der Waals surface area contributed by atoms with E-state index in [1.807, 2.05) is 25.2 Å². The van der Waals surface area contributed by atoms with Crippen LogP contribution >= 0.6 is 0 Å². The van der Waals surface area contributed by atoms with Gasteiger partial charge in [-0.1, -0.05) is 23.8 Å². The summed E-state index contributed by atoms with van der Waals surface area (Å²) in [6, 6.07) is 0. The first-order chi connectivity index (χ1) is 8.60. The van der Waals surface area contributed by atoms with E-state index in [0.29, 0.717) is 12.8 Å². The molecule has 0 aromatic heterocycles. The van der Waals surface area contributed by atoms with Crippen molar-refractivity contribution in [3.05, 3.63) is 23.8 Å². The minimum atomic E-state index is -1.18. The Balaban J connectivity index is 2.92. The van der Waals surface area contributed by atoms with Crippen molar-refractivity contribution in [1.82, 2.24) is 0 Å². The van der Waals surface area contributed by atoms with Crippen molar-refractivity contribution in [2.24, 2.45) is 5.41 Å². The Hall–Kier alpha value is -1.58. The summed E-state index contributed by atoms with van der Waals surface area (Å²) in [5, 5.41) is 0. The highest BCUT2D eigenvalue weighted by Gasteiger charge is 2.50. The van der Waals surface area contributed by atoms with Gasteiger partial charge < -0.3 is 9.47 Å². The minimum absolute atomic E-state index is 0.263. The molecule has 0 saturated carbocycles. The van der Waals surface area contributed by atoms with Gasteiger partial charge in [0.25, 0.3) is 0 Å². The Morgan fingerprint density at radius 1 is 1.28 bits per heavy atom. The van der Waals surface area contributed by atoms with Crippen molar-refractivity contribution in [3.63, 3.8) is 0 Å². The second-order valence-corrected chi connectivity index (χ2v) is 4.18. The lowest BCUT2D eigenvalue weighted by Gasteiger charge is -2.24. The molecule has 0 aliphatic heterocycles. The Kier molecular flexibility index (Phi) is 5.13. The highest BCUT2D eigenvalue weighted by molar-refractivity contribution is 6.01. The van der Waals surface area contributed by atoms with Crippen molar-refractivity contribution in [2.75, 3.05) is 13.2 Å². The number of hydrogen-bond donors (Lipinski definition) is 0. The van der Waals surface area contributed by atoms with Gasteiger partial charge >= 0.3 is 11.9 Å². The molecule has 0 bridgehead atoms. The van der Waals surface area contributed by atoms with Gasteiger partial charge in [0.1, 0.15) is 0 Å². The third-order valence-corrected chi connectivity index (χ3v) is 2.93. The first-order valence-corrected chi connectivity index (χ1v) is 6.27. The normalized spacial score (nSPS) is 17.6. The number of allylic oxidation sites excluding steroid dienone is 4. The maximum absolute atomic E-state index is 12.1. The van der Waals surface area contributed by atoms with Crippen LogP contribution in [-0.2, 0) is 19.1 Å². The molecule has 0 unspecified atom stereocenters. The molecule has 4 nitrogen and oxygen atoms in total. The molecule has 0 amide bonds. The lowest BCUT2D eigenvalue weighted by Crippen LogP contribution is -2.40. The number of hydrogen-bond acceptors (Lipinski definition) is 4. The second kappa shape index (κ2) is 6.38. The van der Waals surface area contributed by atoms with E-state index < -0.39 is 17.4 Å². The van der Waals surface area contributed by atoms with Gasteiger partial charge in [-0.25, -0.2) is 0 Å². The average molecular weight is 253 g/mol. The molecule has 0 aromatic rings. The highest BCUT2D eigenvalue weighted by atomic mass is 16.6. The number of carbonyl (C=O) groups excluding carboxylic acids is 2. The van der Waals surface area contributed by atoms with Gasteiger partial charge in [0, 0.05) is 0 Å². The highest BCUT2D eigenvalue weighted by Crippen LogP contribution is 2.40. The van der Waals surface area contributed by atoms with E-state index in [4.69, 9.17) is 9.47 Å². The van der Waals surface area contributed by atoms with Crippen LogP contribution in [0.4, 0.5) is 0 Å². The van der Waals surface area contributed by atoms with Gasteiger partial charge in [-0.05, 0) is 33.6 Å². The topological polar surface area (TPSA) is 52.6 Å². The van der Waals surface area contributed by atoms with Crippen LogP contribution in [0.3, 0.4) is 0 Å². The van der Waals surface area contributed by atoms with Crippen LogP contribution in [-0.4, -0.2) is 25.2 Å². The van der Waals surface area contributed by atoms with Crippen LogP contribution in [0.1, 0.15) is 33.6 Å². The van der Waals surface area contributed by atoms with E-state index in [9.17, 15) is 9.59 Å². The molecule has 100 valence electrons. The minimum Gasteiger partial charge on any atom is -0.465 e. The maximum atomic E-state index is 12.1. The lowest BCUT2D eigenvalue weighted by molar-refractivity contribution is -0.171. The summed E-state index contributed by atoms with van der Waals surface area (Å²) < 4.78 is 10.1. The van der Waals surface area contributed by atoms with Gasteiger partial charge in [-0.3, -0.25) is 9.59 Å². The molecular weight excluding hydrogens is 233 g/mol. The van der Waals surface area contributed by atoms with Crippen molar-refractivity contribution in [2.45, 2.75) is 33.6 Å². The quantitative estimate of drug-likeness (QED) is 0.429. The third-order valence-electron chi connectivity index (χ3n) is 2.93. The van der Waals surface area contributed by atoms with Crippen molar-refractivity contribution in [1.29, 1.82) is 0 Å². The van der Waals surface area contributed by atoms with Crippen LogP contribution in [0.5, 0.6) is 0 Å². The molecule has 0 fully saturated rings. The predicted molar refractivity (Wildman–Crippen MR) is 67.8 cm³/mol. The molecule has 1 aliphatic rings. The van der Waals surface area contributed by atoms with E-state index in [0.717, 1.165) is 5.57 Å². The Morgan fingerprint density at radius 2 is 1.83 bits per heavy atom. The zero-order valence-corrected chi connectivity index (χ0v) is 11.2. The summed E-state index contributed by atoms with van der Waals surface area (Å²) in [7, 11) is 0. The summed E-state index contributed by atoms with van der Waals surface area (Å²) in [5.74, 6) is -0.974. The number of rotatable bonds is 5. The standard InChI is InChI=1S/C14H20O4/c1-4-7-11-8-9-14(10-11,12(15)17-5-2)13(16)18-6-3/h4,7-8H,5-6,9-10H2,1-3H3/b7-4+/i7+1. The molecule has 0 radical (unpaired) electrons. The van der Waals surface area contributed by atoms with E-state index >= 15 is 0 Å². The smallest absolute Gasteiger partial charge is 0.324 e. The largest absolute Gasteiger partial charge is 0.465 e. The van der Waals surface area contributed by atoms with E-state index in [1.165, 1.54) is 0 Å². The monoisotopic (exact) mass is 253 g/mol. The maximum Gasteiger partial charge on any atom is 0.324 e. The van der Waals surface area contributed by atoms with Crippen LogP contribution < -0.4 is 0 Å². The average Bonchev–Trinajstić information content (AvgIpc) is 2.76. The second-order valence-electron chi connectivity index (χ2n) is 4.18. The van der Waals surface area contributed by atoms with Crippen molar-refractivity contribution in [3.8, 4) is 0 Å². The van der Waals surface area contributed by atoms with E-state index in [2.05, 4.69) is 0 Å². The molecular formula is C14H20O4. The fourth-order valence-corrected chi connectivity index (χ4v) is 2.07. The van der Waals surface area contributed by atoms with Gasteiger partial charge in [-0.15, -0.1) is 0 Å². The first kappa shape index (κ1) is 14.5. The van der Waals surface area contributed by atoms with E-state index in [-0.39, 0.29) is 13.2 Å². The van der Waals surface area contributed by atoms with Crippen molar-refractivity contribution >= 4 is 11.9 Å². The molecule has 0 N–H and O–H groups in total. The van der Waals surface area contributed by atoms with Crippen LogP contribution in [0, 0.1) is 5.41 Å². The van der Waals surface area contributed by atoms with Gasteiger partial charge in [0.2, 0.25) is 0 Å². The lowest BCUT2D eigenvalue weighted by atomic mass is 9.85. The molecule has 0 saturated heterocycles.